The van der Waals surface area contributed by atoms with Crippen LogP contribution in [0.5, 0.6) is 11.5 Å². The SMILES string of the molecule is Cc1cc(C(=O)OCC(=O)Nc2cc3c(cc2[N+](=O)[O-])OCCCO3)c(C)n1Cc1ccco1. The number of rotatable bonds is 7. The van der Waals surface area contributed by atoms with Crippen molar-refractivity contribution in [3.63, 3.8) is 0 Å². The molecule has 0 radical (unpaired) electrons. The summed E-state index contributed by atoms with van der Waals surface area (Å²) in [6.45, 7) is 4.21. The molecule has 11 nitrogen and oxygen atoms in total. The summed E-state index contributed by atoms with van der Waals surface area (Å²) in [6.07, 6.45) is 2.20. The van der Waals surface area contributed by atoms with Gasteiger partial charge in [0, 0.05) is 23.9 Å². The predicted octanol–water partition coefficient (Wildman–Crippen LogP) is 3.61. The molecule has 0 saturated heterocycles. The van der Waals surface area contributed by atoms with Gasteiger partial charge >= 0.3 is 5.97 Å². The van der Waals surface area contributed by atoms with Gasteiger partial charge in [-0.2, -0.15) is 0 Å². The van der Waals surface area contributed by atoms with Gasteiger partial charge in [0.2, 0.25) is 0 Å². The lowest BCUT2D eigenvalue weighted by atomic mass is 10.2. The normalized spacial score (nSPS) is 12.6. The number of furan rings is 1. The van der Waals surface area contributed by atoms with Crippen LogP contribution in [0.4, 0.5) is 11.4 Å². The molecule has 178 valence electrons. The number of aryl methyl sites for hydroxylation is 1. The fourth-order valence-corrected chi connectivity index (χ4v) is 3.65. The molecule has 34 heavy (non-hydrogen) atoms. The molecule has 3 heterocycles. The second-order valence-electron chi connectivity index (χ2n) is 7.70. The molecule has 0 aliphatic carbocycles. The highest BCUT2D eigenvalue weighted by Gasteiger charge is 2.24. The van der Waals surface area contributed by atoms with Gasteiger partial charge < -0.3 is 28.5 Å². The van der Waals surface area contributed by atoms with E-state index in [4.69, 9.17) is 18.6 Å². The number of anilines is 1. The molecule has 4 rings (SSSR count). The smallest absolute Gasteiger partial charge is 0.340 e. The van der Waals surface area contributed by atoms with Crippen LogP contribution in [-0.2, 0) is 16.1 Å². The van der Waals surface area contributed by atoms with Crippen molar-refractivity contribution in [2.24, 2.45) is 0 Å². The number of hydrogen-bond acceptors (Lipinski definition) is 8. The Kier molecular flexibility index (Phi) is 6.53. The van der Waals surface area contributed by atoms with Gasteiger partial charge in [-0.1, -0.05) is 0 Å². The maximum absolute atomic E-state index is 12.6. The van der Waals surface area contributed by atoms with Crippen molar-refractivity contribution < 1.29 is 33.1 Å². The Morgan fingerprint density at radius 3 is 2.59 bits per heavy atom. The van der Waals surface area contributed by atoms with Crippen molar-refractivity contribution in [1.82, 2.24) is 4.57 Å². The van der Waals surface area contributed by atoms with E-state index in [2.05, 4.69) is 5.32 Å². The number of carbonyl (C=O) groups is 2. The Hall–Kier alpha value is -4.28. The van der Waals surface area contributed by atoms with Gasteiger partial charge in [-0.3, -0.25) is 14.9 Å². The number of nitro groups is 1. The fourth-order valence-electron chi connectivity index (χ4n) is 3.65. The molecule has 0 saturated carbocycles. The van der Waals surface area contributed by atoms with Crippen LogP contribution in [-0.4, -0.2) is 41.2 Å². The van der Waals surface area contributed by atoms with E-state index < -0.39 is 23.4 Å². The first kappa shape index (κ1) is 22.9. The number of aromatic nitrogens is 1. The van der Waals surface area contributed by atoms with E-state index in [9.17, 15) is 19.7 Å². The van der Waals surface area contributed by atoms with Gasteiger partial charge in [-0.15, -0.1) is 0 Å². The molecule has 1 amide bonds. The molecule has 11 heteroatoms. The minimum Gasteiger partial charge on any atom is -0.489 e. The monoisotopic (exact) mass is 469 g/mol. The van der Waals surface area contributed by atoms with Crippen LogP contribution in [0.25, 0.3) is 0 Å². The summed E-state index contributed by atoms with van der Waals surface area (Å²) in [4.78, 5) is 35.9. The molecule has 1 aliphatic rings. The zero-order valence-electron chi connectivity index (χ0n) is 18.7. The standard InChI is InChI=1S/C23H23N3O8/c1-14-9-17(15(2)25(14)12-16-5-3-6-31-16)23(28)34-13-22(27)24-18-10-20-21(11-19(18)26(29)30)33-8-4-7-32-20/h3,5-6,9-11H,4,7-8,12-13H2,1-2H3,(H,24,27). The Balaban J connectivity index is 1.43. The van der Waals surface area contributed by atoms with E-state index >= 15 is 0 Å². The van der Waals surface area contributed by atoms with E-state index in [0.717, 1.165) is 11.5 Å². The first-order chi connectivity index (χ1) is 16.3. The van der Waals surface area contributed by atoms with Crippen LogP contribution in [0, 0.1) is 24.0 Å². The largest absolute Gasteiger partial charge is 0.489 e. The minimum absolute atomic E-state index is 0.0769. The van der Waals surface area contributed by atoms with E-state index in [1.165, 1.54) is 12.1 Å². The van der Waals surface area contributed by atoms with Gasteiger partial charge in [0.1, 0.15) is 11.4 Å². The Morgan fingerprint density at radius 2 is 1.91 bits per heavy atom. The van der Waals surface area contributed by atoms with Crippen LogP contribution in [0.3, 0.4) is 0 Å². The zero-order valence-corrected chi connectivity index (χ0v) is 18.7. The lowest BCUT2D eigenvalue weighted by molar-refractivity contribution is -0.384. The molecule has 0 fully saturated rings. The maximum atomic E-state index is 12.6. The van der Waals surface area contributed by atoms with Gasteiger partial charge in [-0.25, -0.2) is 4.79 Å². The van der Waals surface area contributed by atoms with Crippen molar-refractivity contribution in [3.05, 3.63) is 69.4 Å². The molecule has 0 spiro atoms. The summed E-state index contributed by atoms with van der Waals surface area (Å²) in [7, 11) is 0. The van der Waals surface area contributed by atoms with Gasteiger partial charge in [0.05, 0.1) is 42.6 Å². The second kappa shape index (κ2) is 9.69. The van der Waals surface area contributed by atoms with Crippen molar-refractivity contribution in [3.8, 4) is 11.5 Å². The Bertz CT molecular complexity index is 1230. The molecular formula is C23H23N3O8. The molecule has 0 unspecified atom stereocenters. The molecular weight excluding hydrogens is 446 g/mol. The number of ether oxygens (including phenoxy) is 3. The van der Waals surface area contributed by atoms with Gasteiger partial charge in [0.25, 0.3) is 11.6 Å². The number of fused-ring (bicyclic) bond motifs is 1. The minimum atomic E-state index is -0.727. The van der Waals surface area contributed by atoms with Gasteiger partial charge in [0.15, 0.2) is 18.1 Å². The summed E-state index contributed by atoms with van der Waals surface area (Å²) in [5.41, 5.74) is 1.38. The average Bonchev–Trinajstić information content (AvgIpc) is 3.34. The quantitative estimate of drug-likeness (QED) is 0.315. The number of carbonyl (C=O) groups excluding carboxylic acids is 2. The van der Waals surface area contributed by atoms with Crippen molar-refractivity contribution in [1.29, 1.82) is 0 Å². The summed E-state index contributed by atoms with van der Waals surface area (Å²) in [5, 5.41) is 13.9. The third-order valence-corrected chi connectivity index (χ3v) is 5.36. The Labute approximate surface area is 194 Å². The molecule has 2 aromatic heterocycles. The first-order valence-corrected chi connectivity index (χ1v) is 10.6. The van der Waals surface area contributed by atoms with E-state index in [1.807, 2.05) is 17.6 Å². The summed E-state index contributed by atoms with van der Waals surface area (Å²) in [5.74, 6) is -0.145. The molecule has 1 N–H and O–H groups in total. The van der Waals surface area contributed by atoms with E-state index in [0.29, 0.717) is 43.2 Å². The average molecular weight is 469 g/mol. The third-order valence-electron chi connectivity index (χ3n) is 5.36. The molecule has 0 atom stereocenters. The number of nitrogens with one attached hydrogen (secondary N) is 1. The van der Waals surface area contributed by atoms with Gasteiger partial charge in [-0.05, 0) is 32.0 Å². The van der Waals surface area contributed by atoms with Crippen LogP contribution in [0.2, 0.25) is 0 Å². The summed E-state index contributed by atoms with van der Waals surface area (Å²) >= 11 is 0. The summed E-state index contributed by atoms with van der Waals surface area (Å²) in [6, 6.07) is 7.83. The lowest BCUT2D eigenvalue weighted by Crippen LogP contribution is -2.21. The molecule has 1 aliphatic heterocycles. The molecule has 3 aromatic rings. The second-order valence-corrected chi connectivity index (χ2v) is 7.70. The molecule has 1 aromatic carbocycles. The predicted molar refractivity (Wildman–Crippen MR) is 119 cm³/mol. The lowest BCUT2D eigenvalue weighted by Gasteiger charge is -2.11. The Morgan fingerprint density at radius 1 is 1.18 bits per heavy atom. The zero-order chi connectivity index (χ0) is 24.2. The van der Waals surface area contributed by atoms with E-state index in [-0.39, 0.29) is 17.1 Å². The number of esters is 1. The van der Waals surface area contributed by atoms with Crippen LogP contribution >= 0.6 is 0 Å². The highest BCUT2D eigenvalue weighted by atomic mass is 16.6. The fraction of sp³-hybridized carbons (Fsp3) is 0.304. The number of hydrogen-bond donors (Lipinski definition) is 1. The topological polar surface area (TPSA) is 135 Å². The van der Waals surface area contributed by atoms with Crippen molar-refractivity contribution >= 4 is 23.3 Å². The van der Waals surface area contributed by atoms with Crippen molar-refractivity contribution in [2.45, 2.75) is 26.8 Å². The van der Waals surface area contributed by atoms with Crippen molar-refractivity contribution in [2.75, 3.05) is 25.1 Å². The highest BCUT2D eigenvalue weighted by molar-refractivity contribution is 5.97. The summed E-state index contributed by atoms with van der Waals surface area (Å²) < 4.78 is 23.4. The number of benzene rings is 1. The van der Waals surface area contributed by atoms with Crippen LogP contribution in [0.1, 0.15) is 33.9 Å². The van der Waals surface area contributed by atoms with Crippen LogP contribution in [0.15, 0.2) is 41.0 Å². The number of nitro benzene ring substituents is 1. The number of amides is 1. The first-order valence-electron chi connectivity index (χ1n) is 10.6. The van der Waals surface area contributed by atoms with E-state index in [1.54, 1.807) is 25.3 Å². The third kappa shape index (κ3) is 4.87. The maximum Gasteiger partial charge on any atom is 0.340 e. The molecule has 0 bridgehead atoms. The van der Waals surface area contributed by atoms with Crippen LogP contribution < -0.4 is 14.8 Å². The highest BCUT2D eigenvalue weighted by Crippen LogP contribution is 2.39. The number of nitrogens with zero attached hydrogens (tertiary/aromatic N) is 2.